The zero-order valence-corrected chi connectivity index (χ0v) is 16.1. The first kappa shape index (κ1) is 19.5. The van der Waals surface area contributed by atoms with Crippen LogP contribution in [-0.4, -0.2) is 11.6 Å². The molecule has 0 fully saturated rings. The van der Waals surface area contributed by atoms with Crippen LogP contribution >= 0.6 is 0 Å². The van der Waals surface area contributed by atoms with E-state index in [1.165, 1.54) is 43.2 Å². The van der Waals surface area contributed by atoms with E-state index in [1.54, 1.807) is 0 Å². The van der Waals surface area contributed by atoms with E-state index in [1.807, 2.05) is 0 Å². The van der Waals surface area contributed by atoms with E-state index < -0.39 is 0 Å². The van der Waals surface area contributed by atoms with Crippen LogP contribution in [0.3, 0.4) is 0 Å². The van der Waals surface area contributed by atoms with E-state index in [2.05, 4.69) is 63.4 Å². The van der Waals surface area contributed by atoms with E-state index in [9.17, 15) is 0 Å². The van der Waals surface area contributed by atoms with E-state index in [0.29, 0.717) is 5.92 Å². The van der Waals surface area contributed by atoms with Crippen LogP contribution in [0.5, 0.6) is 5.75 Å². The highest BCUT2D eigenvalue weighted by atomic mass is 16.5. The van der Waals surface area contributed by atoms with E-state index >= 15 is 0 Å². The number of hydrogen-bond acceptors (Lipinski definition) is 2. The number of pyridine rings is 1. The van der Waals surface area contributed by atoms with Crippen LogP contribution in [0.25, 0.3) is 0 Å². The molecule has 2 heteroatoms. The highest BCUT2D eigenvalue weighted by Crippen LogP contribution is 2.25. The van der Waals surface area contributed by atoms with E-state index in [0.717, 1.165) is 30.9 Å². The molecular formula is C23H33NO. The molecule has 1 heterocycles. The Balaban J connectivity index is 1.87. The lowest BCUT2D eigenvalue weighted by molar-refractivity contribution is 0.317. The first-order valence-corrected chi connectivity index (χ1v) is 9.92. The standard InChI is InChI=1S/C23H33NO/c1-4-6-7-8-9-10-20-11-16-23(24-18-20)19(3)21-12-14-22(15-13-21)25-17-5-2/h11-16,18-19H,4-10,17H2,1-3H3. The third-order valence-electron chi connectivity index (χ3n) is 4.71. The predicted octanol–water partition coefficient (Wildman–Crippen LogP) is 6.54. The van der Waals surface area contributed by atoms with Crippen molar-refractivity contribution in [1.29, 1.82) is 0 Å². The Bertz CT molecular complexity index is 588. The van der Waals surface area contributed by atoms with Gasteiger partial charge in [-0.05, 0) is 48.6 Å². The molecule has 1 unspecified atom stereocenters. The van der Waals surface area contributed by atoms with Gasteiger partial charge in [0.25, 0.3) is 0 Å². The Hall–Kier alpha value is -1.83. The summed E-state index contributed by atoms with van der Waals surface area (Å²) in [5.41, 5.74) is 3.77. The lowest BCUT2D eigenvalue weighted by Crippen LogP contribution is -2.01. The van der Waals surface area contributed by atoms with Crippen molar-refractivity contribution in [3.05, 3.63) is 59.4 Å². The molecule has 0 aliphatic heterocycles. The van der Waals surface area contributed by atoms with Crippen LogP contribution in [0.15, 0.2) is 42.6 Å². The van der Waals surface area contributed by atoms with Crippen molar-refractivity contribution in [2.24, 2.45) is 0 Å². The van der Waals surface area contributed by atoms with Crippen LogP contribution in [0.2, 0.25) is 0 Å². The summed E-state index contributed by atoms with van der Waals surface area (Å²) in [5, 5.41) is 0. The minimum absolute atomic E-state index is 0.304. The molecule has 0 aliphatic rings. The summed E-state index contributed by atoms with van der Waals surface area (Å²) >= 11 is 0. The monoisotopic (exact) mass is 339 g/mol. The van der Waals surface area contributed by atoms with Crippen molar-refractivity contribution < 1.29 is 4.74 Å². The zero-order valence-electron chi connectivity index (χ0n) is 16.1. The second-order valence-corrected chi connectivity index (χ2v) is 6.89. The quantitative estimate of drug-likeness (QED) is 0.434. The number of aromatic nitrogens is 1. The molecule has 2 rings (SSSR count). The van der Waals surface area contributed by atoms with Crippen molar-refractivity contribution in [3.63, 3.8) is 0 Å². The van der Waals surface area contributed by atoms with Crippen LogP contribution < -0.4 is 4.74 Å². The number of rotatable bonds is 11. The van der Waals surface area contributed by atoms with Crippen molar-refractivity contribution >= 4 is 0 Å². The number of unbranched alkanes of at least 4 members (excludes halogenated alkanes) is 4. The van der Waals surface area contributed by atoms with Gasteiger partial charge in [-0.15, -0.1) is 0 Å². The smallest absolute Gasteiger partial charge is 0.119 e. The van der Waals surface area contributed by atoms with Gasteiger partial charge in [-0.2, -0.15) is 0 Å². The van der Waals surface area contributed by atoms with Crippen molar-refractivity contribution in [2.45, 2.75) is 71.6 Å². The summed E-state index contributed by atoms with van der Waals surface area (Å²) in [6.45, 7) is 7.37. The van der Waals surface area contributed by atoms with Gasteiger partial charge in [-0.25, -0.2) is 0 Å². The third-order valence-corrected chi connectivity index (χ3v) is 4.71. The summed E-state index contributed by atoms with van der Waals surface area (Å²) in [5.74, 6) is 1.25. The molecule has 2 nitrogen and oxygen atoms in total. The van der Waals surface area contributed by atoms with Crippen LogP contribution in [0.4, 0.5) is 0 Å². The van der Waals surface area contributed by atoms with Gasteiger partial charge in [0, 0.05) is 17.8 Å². The fraction of sp³-hybridized carbons (Fsp3) is 0.522. The number of nitrogens with zero attached hydrogens (tertiary/aromatic N) is 1. The minimum Gasteiger partial charge on any atom is -0.494 e. The topological polar surface area (TPSA) is 22.1 Å². The number of ether oxygens (including phenoxy) is 1. The average molecular weight is 340 g/mol. The Morgan fingerprint density at radius 3 is 2.28 bits per heavy atom. The summed E-state index contributed by atoms with van der Waals surface area (Å²) in [6.07, 6.45) is 10.9. The van der Waals surface area contributed by atoms with Crippen LogP contribution in [0, 0.1) is 0 Å². The minimum atomic E-state index is 0.304. The first-order valence-electron chi connectivity index (χ1n) is 9.92. The molecule has 1 aromatic carbocycles. The van der Waals surface area contributed by atoms with Crippen molar-refractivity contribution in [1.82, 2.24) is 4.98 Å². The number of hydrogen-bond donors (Lipinski definition) is 0. The second-order valence-electron chi connectivity index (χ2n) is 6.89. The molecule has 0 saturated heterocycles. The van der Waals surface area contributed by atoms with Gasteiger partial charge >= 0.3 is 0 Å². The average Bonchev–Trinajstić information content (AvgIpc) is 2.66. The van der Waals surface area contributed by atoms with Crippen LogP contribution in [-0.2, 0) is 6.42 Å². The van der Waals surface area contributed by atoms with Gasteiger partial charge in [0.05, 0.1) is 6.61 Å². The summed E-state index contributed by atoms with van der Waals surface area (Å²) in [4.78, 5) is 4.71. The Morgan fingerprint density at radius 2 is 1.64 bits per heavy atom. The molecule has 2 aromatic rings. The predicted molar refractivity (Wildman–Crippen MR) is 106 cm³/mol. The second kappa shape index (κ2) is 10.9. The molecule has 0 spiro atoms. The fourth-order valence-corrected chi connectivity index (χ4v) is 3.02. The molecule has 0 aliphatic carbocycles. The van der Waals surface area contributed by atoms with Gasteiger partial charge < -0.3 is 4.74 Å². The molecule has 25 heavy (non-hydrogen) atoms. The molecule has 0 bridgehead atoms. The summed E-state index contributed by atoms with van der Waals surface area (Å²) < 4.78 is 5.66. The van der Waals surface area contributed by atoms with Gasteiger partial charge in [0.1, 0.15) is 5.75 Å². The number of aryl methyl sites for hydroxylation is 1. The van der Waals surface area contributed by atoms with Crippen molar-refractivity contribution in [3.8, 4) is 5.75 Å². The SMILES string of the molecule is CCCCCCCc1ccc(C(C)c2ccc(OCCC)cc2)nc1. The molecule has 136 valence electrons. The maximum absolute atomic E-state index is 5.66. The first-order chi connectivity index (χ1) is 12.2. The lowest BCUT2D eigenvalue weighted by atomic mass is 9.96. The van der Waals surface area contributed by atoms with Crippen LogP contribution in [0.1, 0.15) is 82.0 Å². The molecule has 1 atom stereocenters. The normalized spacial score (nSPS) is 12.1. The van der Waals surface area contributed by atoms with Gasteiger partial charge in [0.15, 0.2) is 0 Å². The molecule has 0 amide bonds. The summed E-state index contributed by atoms with van der Waals surface area (Å²) in [6, 6.07) is 12.9. The maximum atomic E-state index is 5.66. The highest BCUT2D eigenvalue weighted by molar-refractivity contribution is 5.33. The Morgan fingerprint density at radius 1 is 0.880 bits per heavy atom. The molecule has 1 aromatic heterocycles. The molecule has 0 N–H and O–H groups in total. The van der Waals surface area contributed by atoms with E-state index in [4.69, 9.17) is 9.72 Å². The third kappa shape index (κ3) is 6.53. The zero-order chi connectivity index (χ0) is 17.9. The van der Waals surface area contributed by atoms with Gasteiger partial charge in [0.2, 0.25) is 0 Å². The Labute approximate surface area is 153 Å². The molecule has 0 radical (unpaired) electrons. The highest BCUT2D eigenvalue weighted by Gasteiger charge is 2.10. The molecule has 0 saturated carbocycles. The molecular weight excluding hydrogens is 306 g/mol. The van der Waals surface area contributed by atoms with Gasteiger partial charge in [-0.1, -0.05) is 64.7 Å². The maximum Gasteiger partial charge on any atom is 0.119 e. The largest absolute Gasteiger partial charge is 0.494 e. The Kier molecular flexibility index (Phi) is 8.51. The van der Waals surface area contributed by atoms with E-state index in [-0.39, 0.29) is 0 Å². The summed E-state index contributed by atoms with van der Waals surface area (Å²) in [7, 11) is 0. The lowest BCUT2D eigenvalue weighted by Gasteiger charge is -2.13. The van der Waals surface area contributed by atoms with Crippen molar-refractivity contribution in [2.75, 3.05) is 6.61 Å². The van der Waals surface area contributed by atoms with Gasteiger partial charge in [-0.3, -0.25) is 4.98 Å². The number of benzene rings is 1. The fourth-order valence-electron chi connectivity index (χ4n) is 3.02.